The second kappa shape index (κ2) is 4.69. The van der Waals surface area contributed by atoms with Crippen molar-refractivity contribution in [3.63, 3.8) is 0 Å². The van der Waals surface area contributed by atoms with Crippen molar-refractivity contribution in [2.24, 2.45) is 7.05 Å². The molecule has 5 heteroatoms. The predicted octanol–water partition coefficient (Wildman–Crippen LogP) is 3.16. The van der Waals surface area contributed by atoms with Gasteiger partial charge in [-0.2, -0.15) is 5.10 Å². The van der Waals surface area contributed by atoms with Crippen molar-refractivity contribution in [2.75, 3.05) is 5.32 Å². The summed E-state index contributed by atoms with van der Waals surface area (Å²) in [5.74, 6) is 0.987. The van der Waals surface area contributed by atoms with E-state index in [0.29, 0.717) is 0 Å². The fraction of sp³-hybridized carbons (Fsp3) is 0.438. The molecular formula is C16H21N3O2. The molecule has 0 amide bonds. The van der Waals surface area contributed by atoms with Gasteiger partial charge in [0.25, 0.3) is 0 Å². The maximum absolute atomic E-state index is 5.76. The first kappa shape index (κ1) is 13.8. The number of aromatic nitrogens is 2. The molecule has 1 aromatic heterocycles. The maximum Gasteiger partial charge on any atom is 0.246 e. The smallest absolute Gasteiger partial charge is 0.246 e. The number of nitrogens with zero attached hydrogens (tertiary/aromatic N) is 2. The monoisotopic (exact) mass is 287 g/mol. The summed E-state index contributed by atoms with van der Waals surface area (Å²) in [7, 11) is 1.97. The summed E-state index contributed by atoms with van der Waals surface area (Å²) in [6.45, 7) is 8.67. The van der Waals surface area contributed by atoms with Crippen molar-refractivity contribution in [3.05, 3.63) is 35.2 Å². The van der Waals surface area contributed by atoms with Crippen LogP contribution in [-0.2, 0) is 13.6 Å². The van der Waals surface area contributed by atoms with Crippen molar-refractivity contribution >= 4 is 5.69 Å². The molecule has 0 aliphatic carbocycles. The molecule has 21 heavy (non-hydrogen) atoms. The van der Waals surface area contributed by atoms with Crippen LogP contribution in [0.15, 0.2) is 18.2 Å². The third-order valence-electron chi connectivity index (χ3n) is 3.78. The largest absolute Gasteiger partial charge is 0.449 e. The van der Waals surface area contributed by atoms with Gasteiger partial charge in [0, 0.05) is 50.5 Å². The Kier molecular flexibility index (Phi) is 3.08. The molecule has 0 fully saturated rings. The van der Waals surface area contributed by atoms with Crippen molar-refractivity contribution in [1.29, 1.82) is 0 Å². The van der Waals surface area contributed by atoms with Crippen LogP contribution in [0.4, 0.5) is 5.69 Å². The average Bonchev–Trinajstić information content (AvgIpc) is 2.83. The van der Waals surface area contributed by atoms with Crippen LogP contribution < -0.4 is 14.8 Å². The van der Waals surface area contributed by atoms with E-state index in [1.165, 1.54) is 11.3 Å². The minimum Gasteiger partial charge on any atom is -0.449 e. The highest BCUT2D eigenvalue weighted by molar-refractivity contribution is 5.56. The summed E-state index contributed by atoms with van der Waals surface area (Å²) >= 11 is 0. The molecule has 0 atom stereocenters. The molecule has 0 unspecified atom stereocenters. The molecule has 2 aromatic rings. The summed E-state index contributed by atoms with van der Waals surface area (Å²) < 4.78 is 13.4. The van der Waals surface area contributed by atoms with Gasteiger partial charge in [-0.3, -0.25) is 4.68 Å². The Morgan fingerprint density at radius 3 is 2.57 bits per heavy atom. The summed E-state index contributed by atoms with van der Waals surface area (Å²) in [6, 6.07) is 5.92. The van der Waals surface area contributed by atoms with Gasteiger partial charge in [-0.05, 0) is 26.0 Å². The first-order valence-electron chi connectivity index (χ1n) is 7.11. The van der Waals surface area contributed by atoms with Crippen LogP contribution in [0.5, 0.6) is 11.5 Å². The zero-order valence-corrected chi connectivity index (χ0v) is 13.2. The Bertz CT molecular complexity index is 689. The van der Waals surface area contributed by atoms with Crippen LogP contribution >= 0.6 is 0 Å². The number of benzene rings is 1. The Hall–Kier alpha value is -2.17. The first-order chi connectivity index (χ1) is 9.85. The zero-order chi connectivity index (χ0) is 15.2. The van der Waals surface area contributed by atoms with Crippen LogP contribution in [0.1, 0.15) is 30.8 Å². The van der Waals surface area contributed by atoms with Crippen molar-refractivity contribution in [1.82, 2.24) is 9.78 Å². The SMILES string of the molecule is Cc1nn(C)c(C)c1CNc1ccc2c(c1)OC(C)(C)O2. The number of hydrogen-bond acceptors (Lipinski definition) is 4. The van der Waals surface area contributed by atoms with E-state index in [2.05, 4.69) is 17.3 Å². The maximum atomic E-state index is 5.76. The van der Waals surface area contributed by atoms with Crippen LogP contribution in [0.25, 0.3) is 0 Å². The lowest BCUT2D eigenvalue weighted by Crippen LogP contribution is -2.29. The van der Waals surface area contributed by atoms with E-state index < -0.39 is 5.79 Å². The highest BCUT2D eigenvalue weighted by Crippen LogP contribution is 2.40. The normalized spacial score (nSPS) is 15.3. The van der Waals surface area contributed by atoms with Crippen LogP contribution in [0.2, 0.25) is 0 Å². The fourth-order valence-corrected chi connectivity index (χ4v) is 2.60. The third-order valence-corrected chi connectivity index (χ3v) is 3.78. The molecule has 0 radical (unpaired) electrons. The lowest BCUT2D eigenvalue weighted by atomic mass is 10.2. The standard InChI is InChI=1S/C16H21N3O2/c1-10-13(11(2)19(5)18-10)9-17-12-6-7-14-15(8-12)21-16(3,4)20-14/h6-8,17H,9H2,1-5H3. The highest BCUT2D eigenvalue weighted by atomic mass is 16.7. The van der Waals surface area contributed by atoms with E-state index in [4.69, 9.17) is 9.47 Å². The average molecular weight is 287 g/mol. The van der Waals surface area contributed by atoms with E-state index in [0.717, 1.165) is 29.4 Å². The molecule has 1 aromatic carbocycles. The molecule has 112 valence electrons. The molecule has 0 spiro atoms. The fourth-order valence-electron chi connectivity index (χ4n) is 2.60. The second-order valence-electron chi connectivity index (χ2n) is 5.89. The number of hydrogen-bond donors (Lipinski definition) is 1. The Labute approximate surface area is 124 Å². The lowest BCUT2D eigenvalue weighted by Gasteiger charge is -2.16. The molecule has 0 saturated carbocycles. The topological polar surface area (TPSA) is 48.3 Å². The number of ether oxygens (including phenoxy) is 2. The highest BCUT2D eigenvalue weighted by Gasteiger charge is 2.31. The lowest BCUT2D eigenvalue weighted by molar-refractivity contribution is -0.0431. The first-order valence-corrected chi connectivity index (χ1v) is 7.11. The number of rotatable bonds is 3. The van der Waals surface area contributed by atoms with E-state index in [-0.39, 0.29) is 0 Å². The van der Waals surface area contributed by atoms with E-state index in [1.54, 1.807) is 0 Å². The van der Waals surface area contributed by atoms with Gasteiger partial charge in [-0.25, -0.2) is 0 Å². The van der Waals surface area contributed by atoms with Crippen LogP contribution in [-0.4, -0.2) is 15.6 Å². The van der Waals surface area contributed by atoms with Gasteiger partial charge in [0.2, 0.25) is 5.79 Å². The molecule has 3 rings (SSSR count). The van der Waals surface area contributed by atoms with Gasteiger partial charge in [0.1, 0.15) is 0 Å². The Morgan fingerprint density at radius 2 is 1.90 bits per heavy atom. The molecule has 1 aliphatic heterocycles. The van der Waals surface area contributed by atoms with Gasteiger partial charge >= 0.3 is 0 Å². The van der Waals surface area contributed by atoms with E-state index in [1.807, 2.05) is 50.7 Å². The molecule has 1 aliphatic rings. The van der Waals surface area contributed by atoms with Crippen LogP contribution in [0.3, 0.4) is 0 Å². The molecule has 0 bridgehead atoms. The van der Waals surface area contributed by atoms with E-state index in [9.17, 15) is 0 Å². The van der Waals surface area contributed by atoms with Gasteiger partial charge < -0.3 is 14.8 Å². The number of aryl methyl sites for hydroxylation is 2. The van der Waals surface area contributed by atoms with Gasteiger partial charge in [-0.1, -0.05) is 0 Å². The number of fused-ring (bicyclic) bond motifs is 1. The predicted molar refractivity (Wildman–Crippen MR) is 81.8 cm³/mol. The van der Waals surface area contributed by atoms with Crippen molar-refractivity contribution in [2.45, 2.75) is 40.0 Å². The molecule has 5 nitrogen and oxygen atoms in total. The van der Waals surface area contributed by atoms with Gasteiger partial charge in [0.05, 0.1) is 5.69 Å². The van der Waals surface area contributed by atoms with Crippen molar-refractivity contribution < 1.29 is 9.47 Å². The number of nitrogens with one attached hydrogen (secondary N) is 1. The molecule has 0 saturated heterocycles. The second-order valence-corrected chi connectivity index (χ2v) is 5.89. The molecule has 1 N–H and O–H groups in total. The molecule has 2 heterocycles. The quantitative estimate of drug-likeness (QED) is 0.942. The summed E-state index contributed by atoms with van der Waals surface area (Å²) in [5.41, 5.74) is 4.49. The van der Waals surface area contributed by atoms with Gasteiger partial charge in [-0.15, -0.1) is 0 Å². The van der Waals surface area contributed by atoms with Crippen molar-refractivity contribution in [3.8, 4) is 11.5 Å². The molecular weight excluding hydrogens is 266 g/mol. The summed E-state index contributed by atoms with van der Waals surface area (Å²) in [4.78, 5) is 0. The number of anilines is 1. The Balaban J connectivity index is 1.75. The van der Waals surface area contributed by atoms with Crippen LogP contribution in [0, 0.1) is 13.8 Å². The zero-order valence-electron chi connectivity index (χ0n) is 13.2. The van der Waals surface area contributed by atoms with E-state index >= 15 is 0 Å². The third kappa shape index (κ3) is 2.55. The minimum absolute atomic E-state index is 0.586. The van der Waals surface area contributed by atoms with Gasteiger partial charge in [0.15, 0.2) is 11.5 Å². The summed E-state index contributed by atoms with van der Waals surface area (Å²) in [5, 5.41) is 7.86. The minimum atomic E-state index is -0.586. The summed E-state index contributed by atoms with van der Waals surface area (Å²) in [6.07, 6.45) is 0. The Morgan fingerprint density at radius 1 is 1.19 bits per heavy atom.